The van der Waals surface area contributed by atoms with Gasteiger partial charge in [-0.15, -0.1) is 0 Å². The molecule has 1 N–H and O–H groups in total. The molecule has 0 aliphatic carbocycles. The zero-order chi connectivity index (χ0) is 13.2. The molecule has 3 unspecified atom stereocenters. The first kappa shape index (κ1) is 13.1. The van der Waals surface area contributed by atoms with E-state index < -0.39 is 0 Å². The van der Waals surface area contributed by atoms with E-state index in [9.17, 15) is 0 Å². The molecule has 0 aromatic heterocycles. The molecule has 0 spiro atoms. The van der Waals surface area contributed by atoms with Crippen LogP contribution in [0.15, 0.2) is 24.3 Å². The lowest BCUT2D eigenvalue weighted by Crippen LogP contribution is -2.46. The Balaban J connectivity index is 1.82. The lowest BCUT2D eigenvalue weighted by atomic mass is 9.88. The van der Waals surface area contributed by atoms with Gasteiger partial charge in [0.25, 0.3) is 0 Å². The summed E-state index contributed by atoms with van der Waals surface area (Å²) in [6, 6.07) is 10.5. The molecule has 0 bridgehead atoms. The van der Waals surface area contributed by atoms with Crippen molar-refractivity contribution in [3.05, 3.63) is 35.4 Å². The molecule has 2 heterocycles. The molecule has 1 aromatic carbocycles. The fraction of sp³-hybridized carbons (Fsp3) is 0.647. The van der Waals surface area contributed by atoms with E-state index in [1.807, 2.05) is 0 Å². The molecule has 1 aromatic rings. The molecule has 0 radical (unpaired) electrons. The van der Waals surface area contributed by atoms with Gasteiger partial charge in [0.05, 0.1) is 0 Å². The van der Waals surface area contributed by atoms with Gasteiger partial charge in [-0.25, -0.2) is 0 Å². The highest BCUT2D eigenvalue weighted by Crippen LogP contribution is 2.35. The Kier molecular flexibility index (Phi) is 3.90. The number of hydrogen-bond donors (Lipinski definition) is 1. The number of fused-ring (bicyclic) bond motifs is 1. The van der Waals surface area contributed by atoms with Gasteiger partial charge in [-0.1, -0.05) is 36.8 Å². The van der Waals surface area contributed by atoms with Crippen LogP contribution in [-0.4, -0.2) is 30.6 Å². The van der Waals surface area contributed by atoms with Crippen LogP contribution in [0.25, 0.3) is 0 Å². The number of aryl methyl sites for hydroxylation is 1. The molecule has 3 atom stereocenters. The van der Waals surface area contributed by atoms with Crippen LogP contribution in [0.5, 0.6) is 0 Å². The van der Waals surface area contributed by atoms with Crippen molar-refractivity contribution in [1.82, 2.24) is 10.2 Å². The molecule has 0 amide bonds. The number of rotatable bonds is 3. The van der Waals surface area contributed by atoms with Crippen LogP contribution in [0.3, 0.4) is 0 Å². The van der Waals surface area contributed by atoms with Crippen molar-refractivity contribution >= 4 is 0 Å². The molecule has 19 heavy (non-hydrogen) atoms. The average molecular weight is 258 g/mol. The van der Waals surface area contributed by atoms with Gasteiger partial charge in [0, 0.05) is 18.6 Å². The van der Waals surface area contributed by atoms with Gasteiger partial charge in [-0.05, 0) is 50.8 Å². The second-order valence-electron chi connectivity index (χ2n) is 6.20. The summed E-state index contributed by atoms with van der Waals surface area (Å²) in [7, 11) is 0. The van der Waals surface area contributed by atoms with Crippen LogP contribution in [0.1, 0.15) is 43.4 Å². The van der Waals surface area contributed by atoms with Crippen LogP contribution in [-0.2, 0) is 0 Å². The molecule has 2 nitrogen and oxygen atoms in total. The summed E-state index contributed by atoms with van der Waals surface area (Å²) in [5.41, 5.74) is 2.86. The van der Waals surface area contributed by atoms with Crippen LogP contribution < -0.4 is 5.32 Å². The Bertz CT molecular complexity index is 412. The second-order valence-corrected chi connectivity index (χ2v) is 6.20. The summed E-state index contributed by atoms with van der Waals surface area (Å²) in [5, 5.41) is 3.59. The zero-order valence-corrected chi connectivity index (χ0v) is 12.2. The van der Waals surface area contributed by atoms with Gasteiger partial charge in [-0.3, -0.25) is 4.90 Å². The van der Waals surface area contributed by atoms with Crippen molar-refractivity contribution in [2.45, 2.75) is 45.2 Å². The molecular formula is C17H26N2. The highest BCUT2D eigenvalue weighted by atomic mass is 15.2. The Morgan fingerprint density at radius 2 is 2.05 bits per heavy atom. The number of hydrogen-bond acceptors (Lipinski definition) is 2. The summed E-state index contributed by atoms with van der Waals surface area (Å²) in [4.78, 5) is 2.78. The molecule has 2 aliphatic rings. The van der Waals surface area contributed by atoms with Crippen LogP contribution in [0, 0.1) is 12.8 Å². The minimum Gasteiger partial charge on any atom is -0.315 e. The molecule has 2 fully saturated rings. The van der Waals surface area contributed by atoms with Crippen molar-refractivity contribution < 1.29 is 0 Å². The Hall–Kier alpha value is -0.860. The first-order valence-corrected chi connectivity index (χ1v) is 7.82. The highest BCUT2D eigenvalue weighted by molar-refractivity contribution is 5.24. The van der Waals surface area contributed by atoms with E-state index in [2.05, 4.69) is 48.3 Å². The van der Waals surface area contributed by atoms with Gasteiger partial charge in [0.1, 0.15) is 0 Å². The fourth-order valence-electron chi connectivity index (χ4n) is 3.94. The maximum absolute atomic E-state index is 3.59. The van der Waals surface area contributed by atoms with E-state index in [4.69, 9.17) is 0 Å². The maximum atomic E-state index is 3.59. The van der Waals surface area contributed by atoms with E-state index in [0.29, 0.717) is 6.04 Å². The van der Waals surface area contributed by atoms with Crippen LogP contribution in [0.2, 0.25) is 0 Å². The van der Waals surface area contributed by atoms with Crippen molar-refractivity contribution in [3.63, 3.8) is 0 Å². The summed E-state index contributed by atoms with van der Waals surface area (Å²) >= 11 is 0. The number of nitrogens with zero attached hydrogens (tertiary/aromatic N) is 1. The largest absolute Gasteiger partial charge is 0.315 e. The minimum atomic E-state index is 0.605. The third kappa shape index (κ3) is 2.56. The second kappa shape index (κ2) is 5.64. The van der Waals surface area contributed by atoms with Crippen molar-refractivity contribution in [2.24, 2.45) is 5.92 Å². The molecule has 0 saturated carbocycles. The molecular weight excluding hydrogens is 232 g/mol. The quantitative estimate of drug-likeness (QED) is 0.896. The summed E-state index contributed by atoms with van der Waals surface area (Å²) in [5.74, 6) is 0.883. The fourth-order valence-corrected chi connectivity index (χ4v) is 3.94. The third-order valence-electron chi connectivity index (χ3n) is 4.97. The van der Waals surface area contributed by atoms with Gasteiger partial charge in [0.15, 0.2) is 0 Å². The van der Waals surface area contributed by atoms with E-state index in [1.165, 1.54) is 50.0 Å². The van der Waals surface area contributed by atoms with Gasteiger partial charge in [-0.2, -0.15) is 0 Å². The molecule has 2 aliphatic heterocycles. The van der Waals surface area contributed by atoms with E-state index >= 15 is 0 Å². The standard InChI is InChI=1S/C17H26N2/c1-3-16(14-8-6-13(2)7-9-14)19-10-4-5-15-11-18-12-17(15)19/h6-9,15-18H,3-5,10-12H2,1-2H3. The normalized spacial score (nSPS) is 29.2. The first-order chi connectivity index (χ1) is 9.29. The predicted molar refractivity (Wildman–Crippen MR) is 80.3 cm³/mol. The zero-order valence-electron chi connectivity index (χ0n) is 12.2. The Morgan fingerprint density at radius 1 is 1.26 bits per heavy atom. The number of likely N-dealkylation sites (tertiary alicyclic amines) is 1. The molecule has 104 valence electrons. The Morgan fingerprint density at radius 3 is 2.79 bits per heavy atom. The van der Waals surface area contributed by atoms with Crippen LogP contribution >= 0.6 is 0 Å². The maximum Gasteiger partial charge on any atom is 0.0349 e. The SMILES string of the molecule is CCC(c1ccc(C)cc1)N1CCCC2CNCC21. The third-order valence-corrected chi connectivity index (χ3v) is 4.97. The topological polar surface area (TPSA) is 15.3 Å². The van der Waals surface area contributed by atoms with Gasteiger partial charge in [0.2, 0.25) is 0 Å². The van der Waals surface area contributed by atoms with Crippen LogP contribution in [0.4, 0.5) is 0 Å². The van der Waals surface area contributed by atoms with E-state index in [0.717, 1.165) is 12.0 Å². The number of benzene rings is 1. The molecule has 3 rings (SSSR count). The van der Waals surface area contributed by atoms with Gasteiger partial charge >= 0.3 is 0 Å². The Labute approximate surface area is 117 Å². The average Bonchev–Trinajstić information content (AvgIpc) is 2.91. The smallest absolute Gasteiger partial charge is 0.0349 e. The van der Waals surface area contributed by atoms with Crippen molar-refractivity contribution in [2.75, 3.05) is 19.6 Å². The van der Waals surface area contributed by atoms with E-state index in [-0.39, 0.29) is 0 Å². The minimum absolute atomic E-state index is 0.605. The summed E-state index contributed by atoms with van der Waals surface area (Å²) in [6.07, 6.45) is 4.00. The lowest BCUT2D eigenvalue weighted by molar-refractivity contribution is 0.0744. The van der Waals surface area contributed by atoms with Crippen molar-refractivity contribution in [3.8, 4) is 0 Å². The molecule has 2 heteroatoms. The summed E-state index contributed by atoms with van der Waals surface area (Å²) in [6.45, 7) is 8.19. The molecule has 2 saturated heterocycles. The first-order valence-electron chi connectivity index (χ1n) is 7.82. The number of nitrogens with one attached hydrogen (secondary N) is 1. The monoisotopic (exact) mass is 258 g/mol. The van der Waals surface area contributed by atoms with Gasteiger partial charge < -0.3 is 5.32 Å². The van der Waals surface area contributed by atoms with Crippen molar-refractivity contribution in [1.29, 1.82) is 0 Å². The summed E-state index contributed by atoms with van der Waals surface area (Å²) < 4.78 is 0. The number of piperidine rings is 1. The highest BCUT2D eigenvalue weighted by Gasteiger charge is 2.37. The van der Waals surface area contributed by atoms with E-state index in [1.54, 1.807) is 0 Å². The predicted octanol–water partition coefficient (Wildman–Crippen LogP) is 3.13. The lowest BCUT2D eigenvalue weighted by Gasteiger charge is -2.42.